The lowest BCUT2D eigenvalue weighted by Gasteiger charge is -2.31. The molecular weight excluding hydrogens is 318 g/mol. The Morgan fingerprint density at radius 3 is 2.60 bits per heavy atom. The monoisotopic (exact) mass is 347 g/mol. The highest BCUT2D eigenvalue weighted by Crippen LogP contribution is 2.29. The van der Waals surface area contributed by atoms with Gasteiger partial charge >= 0.3 is 0 Å². The summed E-state index contributed by atoms with van der Waals surface area (Å²) < 4.78 is 16.7. The second-order valence-electron chi connectivity index (χ2n) is 6.39. The van der Waals surface area contributed by atoms with Crippen molar-refractivity contribution in [1.29, 1.82) is 0 Å². The molecule has 1 heterocycles. The van der Waals surface area contributed by atoms with Gasteiger partial charge in [0.2, 0.25) is 5.91 Å². The largest absolute Gasteiger partial charge is 0.493 e. The summed E-state index contributed by atoms with van der Waals surface area (Å²) >= 11 is 0. The number of benzene rings is 1. The number of ether oxygens (including phenoxy) is 3. The quantitative estimate of drug-likeness (QED) is 0.708. The highest BCUT2D eigenvalue weighted by atomic mass is 16.5. The van der Waals surface area contributed by atoms with Gasteiger partial charge in [-0.15, -0.1) is 0 Å². The van der Waals surface area contributed by atoms with Gasteiger partial charge in [0.05, 0.1) is 19.3 Å². The second-order valence-corrected chi connectivity index (χ2v) is 6.39. The Labute approximate surface area is 150 Å². The summed E-state index contributed by atoms with van der Waals surface area (Å²) in [6.07, 6.45) is 5.62. The van der Waals surface area contributed by atoms with Crippen LogP contribution in [-0.4, -0.2) is 49.8 Å². The van der Waals surface area contributed by atoms with Gasteiger partial charge in [-0.3, -0.25) is 4.79 Å². The molecule has 0 aromatic heterocycles. The summed E-state index contributed by atoms with van der Waals surface area (Å²) in [5.41, 5.74) is 0.908. The average molecular weight is 347 g/mol. The van der Waals surface area contributed by atoms with Crippen LogP contribution >= 0.6 is 0 Å². The van der Waals surface area contributed by atoms with Gasteiger partial charge in [-0.25, -0.2) is 0 Å². The standard InChI is InChI=1S/C20H29NO4/c1-5-24-17-10-12-21(13-11-17)20(22)9-7-16-6-8-18(25-15(2)3)19(14-16)23-4/h6-9,14-15,17H,5,10-13H2,1-4H3. The molecule has 1 fully saturated rings. The van der Waals surface area contributed by atoms with Crippen molar-refractivity contribution in [2.45, 2.75) is 45.8 Å². The predicted octanol–water partition coefficient (Wildman–Crippen LogP) is 3.52. The fourth-order valence-electron chi connectivity index (χ4n) is 2.89. The van der Waals surface area contributed by atoms with E-state index in [1.807, 2.05) is 49.9 Å². The number of nitrogens with zero attached hydrogens (tertiary/aromatic N) is 1. The Hall–Kier alpha value is -2.01. The summed E-state index contributed by atoms with van der Waals surface area (Å²) in [7, 11) is 1.61. The molecule has 25 heavy (non-hydrogen) atoms. The van der Waals surface area contributed by atoms with Crippen molar-refractivity contribution in [3.63, 3.8) is 0 Å². The van der Waals surface area contributed by atoms with Crippen LogP contribution in [0.4, 0.5) is 0 Å². The molecule has 5 heteroatoms. The zero-order chi connectivity index (χ0) is 18.2. The van der Waals surface area contributed by atoms with Gasteiger partial charge in [-0.05, 0) is 57.4 Å². The third kappa shape index (κ3) is 5.78. The predicted molar refractivity (Wildman–Crippen MR) is 99.0 cm³/mol. The number of likely N-dealkylation sites (tertiary alicyclic amines) is 1. The third-order valence-corrected chi connectivity index (χ3v) is 4.12. The number of rotatable bonds is 7. The van der Waals surface area contributed by atoms with Gasteiger partial charge < -0.3 is 19.1 Å². The van der Waals surface area contributed by atoms with Gasteiger partial charge in [0.25, 0.3) is 0 Å². The lowest BCUT2D eigenvalue weighted by atomic mass is 10.1. The van der Waals surface area contributed by atoms with Crippen LogP contribution in [0.1, 0.15) is 39.2 Å². The Kier molecular flexibility index (Phi) is 7.31. The van der Waals surface area contributed by atoms with Crippen molar-refractivity contribution in [3.05, 3.63) is 29.8 Å². The minimum atomic E-state index is 0.0384. The summed E-state index contributed by atoms with van der Waals surface area (Å²) in [6.45, 7) is 8.18. The van der Waals surface area contributed by atoms with E-state index in [0.717, 1.165) is 38.1 Å². The molecule has 138 valence electrons. The van der Waals surface area contributed by atoms with Crippen LogP contribution in [0.15, 0.2) is 24.3 Å². The molecule has 0 atom stereocenters. The van der Waals surface area contributed by atoms with E-state index in [1.165, 1.54) is 0 Å². The van der Waals surface area contributed by atoms with E-state index in [0.29, 0.717) is 11.5 Å². The van der Waals surface area contributed by atoms with Crippen molar-refractivity contribution >= 4 is 12.0 Å². The van der Waals surface area contributed by atoms with Crippen LogP contribution in [0.5, 0.6) is 11.5 Å². The first kappa shape index (κ1) is 19.3. The third-order valence-electron chi connectivity index (χ3n) is 4.12. The maximum Gasteiger partial charge on any atom is 0.246 e. The SMILES string of the molecule is CCOC1CCN(C(=O)C=Cc2ccc(OC(C)C)c(OC)c2)CC1. The van der Waals surface area contributed by atoms with Crippen molar-refractivity contribution in [1.82, 2.24) is 4.90 Å². The molecular formula is C20H29NO4. The van der Waals surface area contributed by atoms with Crippen LogP contribution < -0.4 is 9.47 Å². The first-order valence-electron chi connectivity index (χ1n) is 8.96. The second kappa shape index (κ2) is 9.47. The molecule has 5 nitrogen and oxygen atoms in total. The maximum absolute atomic E-state index is 12.3. The molecule has 1 aromatic rings. The number of methoxy groups -OCH3 is 1. The Bertz CT molecular complexity index is 589. The number of carbonyl (C=O) groups is 1. The van der Waals surface area contributed by atoms with E-state index in [1.54, 1.807) is 13.2 Å². The average Bonchev–Trinajstić information content (AvgIpc) is 2.61. The number of hydrogen-bond donors (Lipinski definition) is 0. The smallest absolute Gasteiger partial charge is 0.246 e. The molecule has 0 N–H and O–H groups in total. The topological polar surface area (TPSA) is 48.0 Å². The van der Waals surface area contributed by atoms with Gasteiger partial charge in [0, 0.05) is 25.8 Å². The Morgan fingerprint density at radius 2 is 2.00 bits per heavy atom. The van der Waals surface area contributed by atoms with Gasteiger partial charge in [0.15, 0.2) is 11.5 Å². The zero-order valence-electron chi connectivity index (χ0n) is 15.7. The van der Waals surface area contributed by atoms with Crippen molar-refractivity contribution < 1.29 is 19.0 Å². The molecule has 1 aliphatic heterocycles. The molecule has 1 aliphatic rings. The molecule has 0 unspecified atom stereocenters. The first-order valence-corrected chi connectivity index (χ1v) is 8.96. The lowest BCUT2D eigenvalue weighted by molar-refractivity contribution is -0.128. The molecule has 0 radical (unpaired) electrons. The molecule has 1 aromatic carbocycles. The maximum atomic E-state index is 12.3. The fourth-order valence-corrected chi connectivity index (χ4v) is 2.89. The van der Waals surface area contributed by atoms with Gasteiger partial charge in [0.1, 0.15) is 0 Å². The summed E-state index contributed by atoms with van der Waals surface area (Å²) in [5.74, 6) is 1.41. The first-order chi connectivity index (χ1) is 12.0. The van der Waals surface area contributed by atoms with Gasteiger partial charge in [-0.1, -0.05) is 6.07 Å². The van der Waals surface area contributed by atoms with E-state index in [4.69, 9.17) is 14.2 Å². The van der Waals surface area contributed by atoms with Crippen LogP contribution in [0.3, 0.4) is 0 Å². The molecule has 1 amide bonds. The van der Waals surface area contributed by atoms with E-state index >= 15 is 0 Å². The molecule has 0 spiro atoms. The highest BCUT2D eigenvalue weighted by Gasteiger charge is 2.21. The fraction of sp³-hybridized carbons (Fsp3) is 0.550. The molecule has 0 aliphatic carbocycles. The Balaban J connectivity index is 1.96. The Morgan fingerprint density at radius 1 is 1.28 bits per heavy atom. The van der Waals surface area contributed by atoms with Crippen LogP contribution in [-0.2, 0) is 9.53 Å². The summed E-state index contributed by atoms with van der Waals surface area (Å²) in [4.78, 5) is 14.2. The summed E-state index contributed by atoms with van der Waals surface area (Å²) in [6, 6.07) is 5.67. The van der Waals surface area contributed by atoms with E-state index in [-0.39, 0.29) is 18.1 Å². The number of carbonyl (C=O) groups excluding carboxylic acids is 1. The van der Waals surface area contributed by atoms with E-state index < -0.39 is 0 Å². The number of piperidine rings is 1. The number of hydrogen-bond acceptors (Lipinski definition) is 4. The van der Waals surface area contributed by atoms with E-state index in [9.17, 15) is 4.79 Å². The summed E-state index contributed by atoms with van der Waals surface area (Å²) in [5, 5.41) is 0. The van der Waals surface area contributed by atoms with Crippen molar-refractivity contribution in [2.75, 3.05) is 26.8 Å². The van der Waals surface area contributed by atoms with Crippen molar-refractivity contribution in [3.8, 4) is 11.5 Å². The van der Waals surface area contributed by atoms with Crippen LogP contribution in [0.25, 0.3) is 6.08 Å². The zero-order valence-corrected chi connectivity index (χ0v) is 15.7. The minimum absolute atomic E-state index is 0.0384. The van der Waals surface area contributed by atoms with Crippen LogP contribution in [0, 0.1) is 0 Å². The highest BCUT2D eigenvalue weighted by molar-refractivity contribution is 5.91. The van der Waals surface area contributed by atoms with Crippen LogP contribution in [0.2, 0.25) is 0 Å². The normalized spacial score (nSPS) is 15.8. The van der Waals surface area contributed by atoms with E-state index in [2.05, 4.69) is 0 Å². The number of amides is 1. The minimum Gasteiger partial charge on any atom is -0.493 e. The molecule has 1 saturated heterocycles. The lowest BCUT2D eigenvalue weighted by Crippen LogP contribution is -2.40. The van der Waals surface area contributed by atoms with Gasteiger partial charge in [-0.2, -0.15) is 0 Å². The molecule has 0 saturated carbocycles. The molecule has 2 rings (SSSR count). The molecule has 0 bridgehead atoms. The van der Waals surface area contributed by atoms with Crippen molar-refractivity contribution in [2.24, 2.45) is 0 Å².